The van der Waals surface area contributed by atoms with Crippen molar-refractivity contribution in [3.63, 3.8) is 0 Å². The van der Waals surface area contributed by atoms with E-state index in [2.05, 4.69) is 11.1 Å². The Kier molecular flexibility index (Phi) is 6.68. The standard InChI is InChI=1S/C12H17NO.C2H7NO/c1-9-7-11(13-12(14)8-9)10-5-3-2-4-6-10;3-1-2-4/h7-8,10H,2-6H2,1H3,(H,13,14);4H,1-3H2. The molecule has 1 aromatic rings. The van der Waals surface area contributed by atoms with Gasteiger partial charge in [-0.15, -0.1) is 0 Å². The van der Waals surface area contributed by atoms with Gasteiger partial charge in [-0.05, 0) is 37.3 Å². The maximum absolute atomic E-state index is 11.3. The molecule has 18 heavy (non-hydrogen) atoms. The molecule has 0 aliphatic heterocycles. The Morgan fingerprint density at radius 3 is 2.44 bits per heavy atom. The Labute approximate surface area is 108 Å². The van der Waals surface area contributed by atoms with Crippen LogP contribution in [0.4, 0.5) is 0 Å². The van der Waals surface area contributed by atoms with Crippen molar-refractivity contribution in [2.24, 2.45) is 5.73 Å². The minimum absolute atomic E-state index is 0.0468. The van der Waals surface area contributed by atoms with Crippen LogP contribution in [0.3, 0.4) is 0 Å². The first-order chi connectivity index (χ1) is 8.67. The molecule has 4 nitrogen and oxygen atoms in total. The topological polar surface area (TPSA) is 79.1 Å². The zero-order valence-corrected chi connectivity index (χ0v) is 11.1. The van der Waals surface area contributed by atoms with Gasteiger partial charge < -0.3 is 15.8 Å². The van der Waals surface area contributed by atoms with E-state index in [4.69, 9.17) is 10.8 Å². The fraction of sp³-hybridized carbons (Fsp3) is 0.643. The van der Waals surface area contributed by atoms with E-state index in [0.29, 0.717) is 12.5 Å². The highest BCUT2D eigenvalue weighted by Crippen LogP contribution is 2.31. The summed E-state index contributed by atoms with van der Waals surface area (Å²) in [6, 6.07) is 3.78. The van der Waals surface area contributed by atoms with Gasteiger partial charge in [-0.25, -0.2) is 0 Å². The van der Waals surface area contributed by atoms with Crippen molar-refractivity contribution in [2.75, 3.05) is 13.2 Å². The van der Waals surface area contributed by atoms with Gasteiger partial charge in [0, 0.05) is 18.3 Å². The van der Waals surface area contributed by atoms with Gasteiger partial charge in [-0.2, -0.15) is 0 Å². The minimum Gasteiger partial charge on any atom is -0.395 e. The third-order valence-corrected chi connectivity index (χ3v) is 3.18. The summed E-state index contributed by atoms with van der Waals surface area (Å²) in [6.45, 7) is 2.46. The van der Waals surface area contributed by atoms with Gasteiger partial charge in [-0.3, -0.25) is 4.79 Å². The van der Waals surface area contributed by atoms with E-state index in [1.54, 1.807) is 6.07 Å². The van der Waals surface area contributed by atoms with Gasteiger partial charge in [0.15, 0.2) is 0 Å². The Bertz CT molecular complexity index is 393. The average molecular weight is 252 g/mol. The summed E-state index contributed by atoms with van der Waals surface area (Å²) < 4.78 is 0. The van der Waals surface area contributed by atoms with E-state index in [9.17, 15) is 4.79 Å². The van der Waals surface area contributed by atoms with Crippen molar-refractivity contribution in [3.8, 4) is 0 Å². The van der Waals surface area contributed by atoms with Crippen LogP contribution < -0.4 is 11.3 Å². The fourth-order valence-corrected chi connectivity index (χ4v) is 2.34. The number of nitrogens with one attached hydrogen (secondary N) is 1. The Morgan fingerprint density at radius 1 is 1.33 bits per heavy atom. The normalized spacial score (nSPS) is 15.9. The summed E-state index contributed by atoms with van der Waals surface area (Å²) in [5.41, 5.74) is 7.05. The predicted octanol–water partition coefficient (Wildman–Crippen LogP) is 1.67. The second-order valence-electron chi connectivity index (χ2n) is 4.82. The highest BCUT2D eigenvalue weighted by molar-refractivity contribution is 5.18. The van der Waals surface area contributed by atoms with Gasteiger partial charge in [0.25, 0.3) is 0 Å². The summed E-state index contributed by atoms with van der Waals surface area (Å²) in [6.07, 6.45) is 6.44. The van der Waals surface area contributed by atoms with Crippen molar-refractivity contribution in [3.05, 3.63) is 33.7 Å². The van der Waals surface area contributed by atoms with Crippen molar-refractivity contribution in [1.82, 2.24) is 4.98 Å². The predicted molar refractivity (Wildman–Crippen MR) is 73.8 cm³/mol. The molecule has 4 heteroatoms. The van der Waals surface area contributed by atoms with Gasteiger partial charge in [0.05, 0.1) is 6.61 Å². The molecular formula is C14H24N2O2. The number of H-pyrrole nitrogens is 1. The zero-order chi connectivity index (χ0) is 13.4. The summed E-state index contributed by atoms with van der Waals surface area (Å²) in [5.74, 6) is 0.594. The number of hydrogen-bond acceptors (Lipinski definition) is 3. The lowest BCUT2D eigenvalue weighted by atomic mass is 9.86. The molecule has 0 saturated heterocycles. The van der Waals surface area contributed by atoms with E-state index in [0.717, 1.165) is 11.3 Å². The zero-order valence-electron chi connectivity index (χ0n) is 11.1. The second kappa shape index (κ2) is 8.06. The number of aromatic nitrogens is 1. The molecule has 2 rings (SSSR count). The lowest BCUT2D eigenvalue weighted by molar-refractivity contribution is 0.306. The quantitative estimate of drug-likeness (QED) is 0.749. The Balaban J connectivity index is 0.000000357. The van der Waals surface area contributed by atoms with Crippen LogP contribution in [0.5, 0.6) is 0 Å². The Morgan fingerprint density at radius 2 is 1.94 bits per heavy atom. The fourth-order valence-electron chi connectivity index (χ4n) is 2.34. The molecule has 1 aliphatic rings. The number of aliphatic hydroxyl groups is 1. The van der Waals surface area contributed by atoms with E-state index in [-0.39, 0.29) is 12.2 Å². The first-order valence-corrected chi connectivity index (χ1v) is 6.69. The number of aliphatic hydroxyl groups excluding tert-OH is 1. The molecule has 1 aliphatic carbocycles. The molecule has 1 fully saturated rings. The molecule has 0 bridgehead atoms. The minimum atomic E-state index is 0.0468. The molecule has 0 atom stereocenters. The van der Waals surface area contributed by atoms with Crippen molar-refractivity contribution in [2.45, 2.75) is 44.9 Å². The third kappa shape index (κ3) is 5.02. The van der Waals surface area contributed by atoms with Crippen LogP contribution in [0, 0.1) is 6.92 Å². The molecule has 0 amide bonds. The molecular weight excluding hydrogens is 228 g/mol. The lowest BCUT2D eigenvalue weighted by Crippen LogP contribution is -2.13. The van der Waals surface area contributed by atoms with Gasteiger partial charge in [0.2, 0.25) is 5.56 Å². The van der Waals surface area contributed by atoms with Crippen LogP contribution in [0.15, 0.2) is 16.9 Å². The van der Waals surface area contributed by atoms with Crippen molar-refractivity contribution in [1.29, 1.82) is 0 Å². The second-order valence-corrected chi connectivity index (χ2v) is 4.82. The largest absolute Gasteiger partial charge is 0.395 e. The maximum atomic E-state index is 11.3. The van der Waals surface area contributed by atoms with E-state index in [1.165, 1.54) is 32.1 Å². The molecule has 1 saturated carbocycles. The van der Waals surface area contributed by atoms with Gasteiger partial charge >= 0.3 is 0 Å². The number of hydrogen-bond donors (Lipinski definition) is 3. The molecule has 0 aromatic carbocycles. The lowest BCUT2D eigenvalue weighted by Gasteiger charge is -2.21. The monoisotopic (exact) mass is 252 g/mol. The SMILES string of the molecule is Cc1cc(C2CCCCC2)[nH]c(=O)c1.NCCO. The summed E-state index contributed by atoms with van der Waals surface area (Å²) in [7, 11) is 0. The van der Waals surface area contributed by atoms with Crippen LogP contribution in [-0.2, 0) is 0 Å². The highest BCUT2D eigenvalue weighted by atomic mass is 16.3. The van der Waals surface area contributed by atoms with Gasteiger partial charge in [0.1, 0.15) is 0 Å². The molecule has 4 N–H and O–H groups in total. The first-order valence-electron chi connectivity index (χ1n) is 6.69. The number of pyridine rings is 1. The van der Waals surface area contributed by atoms with Crippen LogP contribution in [0.25, 0.3) is 0 Å². The van der Waals surface area contributed by atoms with Crippen LogP contribution >= 0.6 is 0 Å². The third-order valence-electron chi connectivity index (χ3n) is 3.18. The molecule has 102 valence electrons. The molecule has 1 aromatic heterocycles. The average Bonchev–Trinajstić information content (AvgIpc) is 2.39. The van der Waals surface area contributed by atoms with E-state index >= 15 is 0 Å². The number of nitrogens with two attached hydrogens (primary N) is 1. The smallest absolute Gasteiger partial charge is 0.248 e. The number of aryl methyl sites for hydroxylation is 1. The summed E-state index contributed by atoms with van der Waals surface area (Å²) >= 11 is 0. The van der Waals surface area contributed by atoms with Crippen LogP contribution in [0.2, 0.25) is 0 Å². The van der Waals surface area contributed by atoms with E-state index in [1.807, 2.05) is 6.92 Å². The summed E-state index contributed by atoms with van der Waals surface area (Å²) in [5, 5.41) is 7.75. The molecule has 0 spiro atoms. The van der Waals surface area contributed by atoms with Crippen molar-refractivity contribution >= 4 is 0 Å². The first kappa shape index (κ1) is 14.9. The Hall–Kier alpha value is -1.13. The molecule has 1 heterocycles. The van der Waals surface area contributed by atoms with Gasteiger partial charge in [-0.1, -0.05) is 19.3 Å². The summed E-state index contributed by atoms with van der Waals surface area (Å²) in [4.78, 5) is 14.3. The highest BCUT2D eigenvalue weighted by Gasteiger charge is 2.16. The molecule has 0 radical (unpaired) electrons. The van der Waals surface area contributed by atoms with Crippen LogP contribution in [0.1, 0.15) is 49.3 Å². The van der Waals surface area contributed by atoms with Crippen molar-refractivity contribution < 1.29 is 5.11 Å². The van der Waals surface area contributed by atoms with Crippen LogP contribution in [-0.4, -0.2) is 23.2 Å². The molecule has 0 unspecified atom stereocenters. The van der Waals surface area contributed by atoms with E-state index < -0.39 is 0 Å². The number of aromatic amines is 1. The maximum Gasteiger partial charge on any atom is 0.248 e. The number of rotatable bonds is 2.